The van der Waals surface area contributed by atoms with Crippen molar-refractivity contribution >= 4 is 35.4 Å². The number of rotatable bonds is 5. The summed E-state index contributed by atoms with van der Waals surface area (Å²) in [7, 11) is 0. The SMILES string of the molecule is CC(CCO)N=O.CC=O.Cc1[nH]c(/C=C2\C(=O)Nc3ccc(F)cc32)c(C)c1C(N)=O.NO. The van der Waals surface area contributed by atoms with E-state index in [-0.39, 0.29) is 18.6 Å². The second-order valence-corrected chi connectivity index (χ2v) is 6.93. The maximum Gasteiger partial charge on any atom is 0.256 e. The van der Waals surface area contributed by atoms with E-state index in [1.165, 1.54) is 25.1 Å². The number of nitroso groups, excluding NO2 is 1. The molecule has 1 aliphatic rings. The highest BCUT2D eigenvalue weighted by atomic mass is 19.1. The molecular weight excluding hydrogens is 449 g/mol. The van der Waals surface area contributed by atoms with Gasteiger partial charge in [-0.1, -0.05) is 5.18 Å². The van der Waals surface area contributed by atoms with Gasteiger partial charge in [0.15, 0.2) is 0 Å². The van der Waals surface area contributed by atoms with Crippen LogP contribution in [0.5, 0.6) is 0 Å². The standard InChI is InChI=1S/C16H14FN3O2.C4H9NO2.C2H4O.H3NO/c1-7-13(19-8(2)14(7)15(18)21)6-11-10-5-9(17)3-4-12(10)20-16(11)22;1-4(5-7)2-3-6;1-2-3;1-2/h3-6,19H,1-2H3,(H2,18,21)(H,20,22);4,6H,2-3H2,1H3;2H,1H3;2H,1H2/b11-6-;;;. The number of aromatic amines is 1. The van der Waals surface area contributed by atoms with E-state index in [9.17, 15) is 18.9 Å². The number of carbonyl (C=O) groups is 3. The molecular formula is C22H30FN5O6. The average Bonchev–Trinajstić information content (AvgIpc) is 3.25. The minimum atomic E-state index is -0.529. The number of aryl methyl sites for hydroxylation is 1. The van der Waals surface area contributed by atoms with E-state index in [0.717, 1.165) is 6.29 Å². The summed E-state index contributed by atoms with van der Waals surface area (Å²) in [6.45, 7) is 6.64. The average molecular weight is 480 g/mol. The number of aldehydes is 1. The first-order valence-electron chi connectivity index (χ1n) is 10.0. The van der Waals surface area contributed by atoms with Crippen molar-refractivity contribution in [2.75, 3.05) is 11.9 Å². The first-order chi connectivity index (χ1) is 16.1. The number of hydrogen-bond donors (Lipinski definition) is 6. The fourth-order valence-electron chi connectivity index (χ4n) is 2.98. The van der Waals surface area contributed by atoms with Gasteiger partial charge >= 0.3 is 0 Å². The maximum absolute atomic E-state index is 13.4. The third-order valence-electron chi connectivity index (χ3n) is 4.50. The number of aromatic nitrogens is 1. The number of H-pyrrole nitrogens is 1. The summed E-state index contributed by atoms with van der Waals surface area (Å²) in [5, 5.41) is 20.0. The Kier molecular flexibility index (Phi) is 13.5. The molecule has 0 saturated heterocycles. The molecule has 0 bridgehead atoms. The van der Waals surface area contributed by atoms with Crippen LogP contribution in [0, 0.1) is 24.6 Å². The van der Waals surface area contributed by atoms with Crippen LogP contribution in [0.2, 0.25) is 0 Å². The van der Waals surface area contributed by atoms with Gasteiger partial charge in [-0.3, -0.25) is 9.59 Å². The second kappa shape index (κ2) is 15.2. The van der Waals surface area contributed by atoms with Crippen LogP contribution < -0.4 is 16.9 Å². The summed E-state index contributed by atoms with van der Waals surface area (Å²) in [4.78, 5) is 44.9. The van der Waals surface area contributed by atoms with Crippen LogP contribution in [0.3, 0.4) is 0 Å². The number of nitrogens with zero attached hydrogens (tertiary/aromatic N) is 1. The molecule has 2 heterocycles. The van der Waals surface area contributed by atoms with Gasteiger partial charge < -0.3 is 31.1 Å². The maximum atomic E-state index is 13.4. The lowest BCUT2D eigenvalue weighted by molar-refractivity contribution is -0.110. The minimum Gasteiger partial charge on any atom is -0.396 e. The van der Waals surface area contributed by atoms with Crippen LogP contribution in [0.4, 0.5) is 10.1 Å². The highest BCUT2D eigenvalue weighted by molar-refractivity contribution is 6.34. The van der Waals surface area contributed by atoms with Gasteiger partial charge in [-0.2, -0.15) is 4.91 Å². The summed E-state index contributed by atoms with van der Waals surface area (Å²) >= 11 is 0. The molecule has 1 atom stereocenters. The quantitative estimate of drug-likeness (QED) is 0.163. The minimum absolute atomic E-state index is 0.0485. The van der Waals surface area contributed by atoms with Gasteiger partial charge in [0, 0.05) is 29.2 Å². The predicted octanol–water partition coefficient (Wildman–Crippen LogP) is 2.43. The van der Waals surface area contributed by atoms with Gasteiger partial charge in [-0.25, -0.2) is 10.3 Å². The van der Waals surface area contributed by atoms with E-state index in [4.69, 9.17) is 20.8 Å². The Morgan fingerprint density at radius 2 is 1.88 bits per heavy atom. The Balaban J connectivity index is 0.000000765. The predicted molar refractivity (Wildman–Crippen MR) is 126 cm³/mol. The topological polar surface area (TPSA) is 201 Å². The molecule has 0 spiro atoms. The van der Waals surface area contributed by atoms with Crippen LogP contribution in [0.15, 0.2) is 23.4 Å². The Labute approximate surface area is 196 Å². The third-order valence-corrected chi connectivity index (χ3v) is 4.50. The summed E-state index contributed by atoms with van der Waals surface area (Å²) in [5.74, 6) is 2.24. The molecule has 2 aromatic rings. The molecule has 0 saturated carbocycles. The molecule has 2 amide bonds. The lowest BCUT2D eigenvalue weighted by Gasteiger charge is -1.99. The normalized spacial score (nSPS) is 13.1. The van der Waals surface area contributed by atoms with Crippen LogP contribution in [0.1, 0.15) is 53.1 Å². The number of anilines is 1. The molecule has 1 aliphatic heterocycles. The van der Waals surface area contributed by atoms with Crippen molar-refractivity contribution < 1.29 is 29.1 Å². The molecule has 1 unspecified atom stereocenters. The molecule has 1 aromatic heterocycles. The first kappa shape index (κ1) is 30.3. The van der Waals surface area contributed by atoms with Gasteiger partial charge in [0.05, 0.1) is 17.2 Å². The molecule has 0 fully saturated rings. The largest absolute Gasteiger partial charge is 0.396 e. The van der Waals surface area contributed by atoms with Crippen molar-refractivity contribution in [1.82, 2.24) is 4.98 Å². The van der Waals surface area contributed by atoms with Crippen molar-refractivity contribution in [2.24, 2.45) is 16.8 Å². The summed E-state index contributed by atoms with van der Waals surface area (Å²) < 4.78 is 13.4. The number of hydrogen-bond acceptors (Lipinski definition) is 8. The lowest BCUT2D eigenvalue weighted by atomic mass is 10.0. The molecule has 0 radical (unpaired) electrons. The number of benzene rings is 1. The van der Waals surface area contributed by atoms with Crippen LogP contribution >= 0.6 is 0 Å². The van der Waals surface area contributed by atoms with Crippen molar-refractivity contribution in [3.63, 3.8) is 0 Å². The summed E-state index contributed by atoms with van der Waals surface area (Å²) in [6, 6.07) is 3.88. The number of aliphatic hydroxyl groups excluding tert-OH is 1. The summed E-state index contributed by atoms with van der Waals surface area (Å²) in [6.07, 6.45) is 2.83. The third kappa shape index (κ3) is 8.31. The highest BCUT2D eigenvalue weighted by Gasteiger charge is 2.25. The van der Waals surface area contributed by atoms with Crippen LogP contribution in [-0.4, -0.2) is 46.0 Å². The molecule has 12 heteroatoms. The van der Waals surface area contributed by atoms with Crippen molar-refractivity contribution in [3.8, 4) is 0 Å². The zero-order chi connectivity index (χ0) is 26.4. The number of amides is 2. The molecule has 3 rings (SSSR count). The number of primary amides is 1. The van der Waals surface area contributed by atoms with E-state index < -0.39 is 11.7 Å². The van der Waals surface area contributed by atoms with Gasteiger partial charge in [-0.05, 0) is 64.0 Å². The molecule has 11 nitrogen and oxygen atoms in total. The molecule has 186 valence electrons. The monoisotopic (exact) mass is 479 g/mol. The second-order valence-electron chi connectivity index (χ2n) is 6.93. The van der Waals surface area contributed by atoms with E-state index in [1.54, 1.807) is 26.8 Å². The van der Waals surface area contributed by atoms with Crippen LogP contribution in [-0.2, 0) is 9.59 Å². The van der Waals surface area contributed by atoms with Crippen LogP contribution in [0.25, 0.3) is 11.6 Å². The molecule has 1 aromatic carbocycles. The van der Waals surface area contributed by atoms with E-state index in [0.29, 0.717) is 45.8 Å². The zero-order valence-electron chi connectivity index (χ0n) is 19.4. The molecule has 34 heavy (non-hydrogen) atoms. The number of nitrogens with two attached hydrogens (primary N) is 2. The first-order valence-corrected chi connectivity index (χ1v) is 10.0. The highest BCUT2D eigenvalue weighted by Crippen LogP contribution is 2.34. The Bertz CT molecular complexity index is 1040. The van der Waals surface area contributed by atoms with Gasteiger partial charge in [0.25, 0.3) is 11.8 Å². The number of carbonyl (C=O) groups excluding carboxylic acids is 3. The van der Waals surface area contributed by atoms with Gasteiger partial charge in [-0.15, -0.1) is 0 Å². The zero-order valence-corrected chi connectivity index (χ0v) is 19.4. The summed E-state index contributed by atoms with van der Waals surface area (Å²) in [5.41, 5.74) is 9.06. The molecule has 0 aliphatic carbocycles. The Hall–Kier alpha value is -3.74. The fourth-order valence-corrected chi connectivity index (χ4v) is 2.98. The van der Waals surface area contributed by atoms with E-state index in [1.807, 2.05) is 0 Å². The Morgan fingerprint density at radius 3 is 2.32 bits per heavy atom. The number of fused-ring (bicyclic) bond motifs is 1. The fraction of sp³-hybridized carbons (Fsp3) is 0.318. The van der Waals surface area contributed by atoms with E-state index >= 15 is 0 Å². The number of aliphatic hydroxyl groups is 1. The molecule has 8 N–H and O–H groups in total. The number of halogens is 1. The number of nitrogens with one attached hydrogen (secondary N) is 2. The lowest BCUT2D eigenvalue weighted by Crippen LogP contribution is -2.12. The van der Waals surface area contributed by atoms with Crippen molar-refractivity contribution in [1.29, 1.82) is 0 Å². The van der Waals surface area contributed by atoms with Gasteiger partial charge in [0.1, 0.15) is 12.1 Å². The van der Waals surface area contributed by atoms with Crippen molar-refractivity contribution in [3.05, 3.63) is 57.0 Å². The van der Waals surface area contributed by atoms with Gasteiger partial charge in [0.2, 0.25) is 0 Å². The smallest absolute Gasteiger partial charge is 0.256 e. The van der Waals surface area contributed by atoms with Crippen molar-refractivity contribution in [2.45, 2.75) is 40.2 Å². The Morgan fingerprint density at radius 1 is 1.29 bits per heavy atom. The van der Waals surface area contributed by atoms with E-state index in [2.05, 4.69) is 21.4 Å².